The van der Waals surface area contributed by atoms with Gasteiger partial charge in [-0.1, -0.05) is 0 Å². The van der Waals surface area contributed by atoms with E-state index >= 15 is 0 Å². The van der Waals surface area contributed by atoms with E-state index in [4.69, 9.17) is 9.47 Å². The van der Waals surface area contributed by atoms with Gasteiger partial charge in [0.2, 0.25) is 0 Å². The first-order valence-electron chi connectivity index (χ1n) is 5.41. The summed E-state index contributed by atoms with van der Waals surface area (Å²) in [6, 6.07) is 0. The van der Waals surface area contributed by atoms with Crippen LogP contribution in [-0.2, 0) is 9.47 Å². The van der Waals surface area contributed by atoms with E-state index in [1.54, 1.807) is 0 Å². The molecule has 2 unspecified atom stereocenters. The van der Waals surface area contributed by atoms with E-state index in [-0.39, 0.29) is 0 Å². The van der Waals surface area contributed by atoms with Crippen LogP contribution in [0.15, 0.2) is 0 Å². The molecule has 4 nitrogen and oxygen atoms in total. The van der Waals surface area contributed by atoms with Gasteiger partial charge in [0.05, 0.1) is 12.7 Å². The smallest absolute Gasteiger partial charge is 0.102 e. The van der Waals surface area contributed by atoms with E-state index in [0.29, 0.717) is 25.9 Å². The second-order valence-corrected chi connectivity index (χ2v) is 4.29. The van der Waals surface area contributed by atoms with Gasteiger partial charge in [0, 0.05) is 32.7 Å². The fourth-order valence-electron chi connectivity index (χ4n) is 2.01. The monoisotopic (exact) mass is 201 g/mol. The first-order valence-corrected chi connectivity index (χ1v) is 5.41. The third-order valence-corrected chi connectivity index (χ3v) is 2.93. The van der Waals surface area contributed by atoms with Crippen LogP contribution in [0.2, 0.25) is 0 Å². The molecule has 2 heterocycles. The van der Waals surface area contributed by atoms with Crippen molar-refractivity contribution in [2.75, 3.05) is 32.9 Å². The lowest BCUT2D eigenvalue weighted by atomic mass is 10.0. The van der Waals surface area contributed by atoms with Crippen molar-refractivity contribution in [2.24, 2.45) is 0 Å². The Morgan fingerprint density at radius 3 is 3.00 bits per heavy atom. The van der Waals surface area contributed by atoms with Crippen molar-refractivity contribution in [1.29, 1.82) is 0 Å². The Labute approximate surface area is 84.6 Å². The molecule has 4 heteroatoms. The van der Waals surface area contributed by atoms with Crippen molar-refractivity contribution in [1.82, 2.24) is 5.32 Å². The highest BCUT2D eigenvalue weighted by Gasteiger charge is 2.31. The zero-order valence-corrected chi connectivity index (χ0v) is 8.50. The molecule has 0 amide bonds. The molecule has 0 aromatic rings. The van der Waals surface area contributed by atoms with Gasteiger partial charge in [-0.05, 0) is 12.8 Å². The molecule has 2 aliphatic rings. The van der Waals surface area contributed by atoms with Gasteiger partial charge in [0.15, 0.2) is 0 Å². The molecule has 0 radical (unpaired) electrons. The van der Waals surface area contributed by atoms with Gasteiger partial charge in [0.25, 0.3) is 0 Å². The summed E-state index contributed by atoms with van der Waals surface area (Å²) >= 11 is 0. The minimum Gasteiger partial charge on any atom is -0.386 e. The van der Waals surface area contributed by atoms with Crippen LogP contribution in [0.1, 0.15) is 19.3 Å². The zero-order valence-electron chi connectivity index (χ0n) is 8.50. The first-order chi connectivity index (χ1) is 6.79. The summed E-state index contributed by atoms with van der Waals surface area (Å²) in [4.78, 5) is 0. The van der Waals surface area contributed by atoms with Crippen molar-refractivity contribution in [3.05, 3.63) is 0 Å². The minimum absolute atomic E-state index is 0.348. The number of rotatable bonds is 4. The summed E-state index contributed by atoms with van der Waals surface area (Å²) in [5.41, 5.74) is -0.640. The third-order valence-electron chi connectivity index (χ3n) is 2.93. The van der Waals surface area contributed by atoms with E-state index < -0.39 is 5.60 Å². The average Bonchev–Trinajstić information content (AvgIpc) is 2.77. The van der Waals surface area contributed by atoms with Crippen molar-refractivity contribution in [3.8, 4) is 0 Å². The van der Waals surface area contributed by atoms with Crippen LogP contribution in [0, 0.1) is 0 Å². The molecule has 0 saturated carbocycles. The molecule has 0 aromatic heterocycles. The normalized spacial score (nSPS) is 37.9. The Hall–Kier alpha value is -0.160. The highest BCUT2D eigenvalue weighted by Crippen LogP contribution is 2.17. The van der Waals surface area contributed by atoms with Gasteiger partial charge in [-0.2, -0.15) is 0 Å². The molecular weight excluding hydrogens is 182 g/mol. The number of ether oxygens (including phenoxy) is 2. The predicted molar refractivity (Wildman–Crippen MR) is 52.2 cm³/mol. The lowest BCUT2D eigenvalue weighted by molar-refractivity contribution is 0.0231. The maximum atomic E-state index is 9.94. The van der Waals surface area contributed by atoms with E-state index in [0.717, 1.165) is 26.0 Å². The first kappa shape index (κ1) is 10.4. The molecule has 0 aromatic carbocycles. The Kier molecular flexibility index (Phi) is 3.38. The Bertz CT molecular complexity index is 174. The maximum absolute atomic E-state index is 9.94. The molecule has 82 valence electrons. The summed E-state index contributed by atoms with van der Waals surface area (Å²) in [5.74, 6) is 0. The van der Waals surface area contributed by atoms with Crippen LogP contribution < -0.4 is 5.32 Å². The van der Waals surface area contributed by atoms with Gasteiger partial charge in [-0.15, -0.1) is 0 Å². The predicted octanol–water partition coefficient (Wildman–Crippen LogP) is -0.0936. The molecule has 0 aliphatic carbocycles. The van der Waals surface area contributed by atoms with Crippen LogP contribution in [0.25, 0.3) is 0 Å². The Balaban J connectivity index is 1.61. The van der Waals surface area contributed by atoms with Gasteiger partial charge in [-0.3, -0.25) is 0 Å². The third kappa shape index (κ3) is 2.67. The van der Waals surface area contributed by atoms with Crippen molar-refractivity contribution < 1.29 is 14.6 Å². The van der Waals surface area contributed by atoms with Crippen LogP contribution in [0.3, 0.4) is 0 Å². The highest BCUT2D eigenvalue weighted by atomic mass is 16.5. The lowest BCUT2D eigenvalue weighted by Crippen LogP contribution is -2.43. The highest BCUT2D eigenvalue weighted by molar-refractivity contribution is 4.85. The number of nitrogens with one attached hydrogen (secondary N) is 1. The molecule has 0 bridgehead atoms. The van der Waals surface area contributed by atoms with Crippen LogP contribution in [0.5, 0.6) is 0 Å². The molecule has 2 aliphatic heterocycles. The summed E-state index contributed by atoms with van der Waals surface area (Å²) in [5, 5.41) is 13.2. The molecule has 2 N–H and O–H groups in total. The van der Waals surface area contributed by atoms with Gasteiger partial charge in [-0.25, -0.2) is 0 Å². The number of hydrogen-bond acceptors (Lipinski definition) is 4. The van der Waals surface area contributed by atoms with E-state index in [1.165, 1.54) is 6.42 Å². The molecule has 0 spiro atoms. The maximum Gasteiger partial charge on any atom is 0.102 e. The molecule has 14 heavy (non-hydrogen) atoms. The summed E-state index contributed by atoms with van der Waals surface area (Å²) in [6.45, 7) is 3.50. The number of aliphatic hydroxyl groups is 1. The fourth-order valence-corrected chi connectivity index (χ4v) is 2.01. The summed E-state index contributed by atoms with van der Waals surface area (Å²) in [6.07, 6.45) is 3.40. The van der Waals surface area contributed by atoms with Crippen LogP contribution in [-0.4, -0.2) is 49.7 Å². The van der Waals surface area contributed by atoms with E-state index in [2.05, 4.69) is 5.32 Å². The molecular formula is C10H19NO3. The molecule has 2 rings (SSSR count). The minimum atomic E-state index is -0.640. The Morgan fingerprint density at radius 2 is 2.36 bits per heavy atom. The summed E-state index contributed by atoms with van der Waals surface area (Å²) < 4.78 is 10.6. The van der Waals surface area contributed by atoms with E-state index in [9.17, 15) is 5.11 Å². The Morgan fingerprint density at radius 1 is 1.43 bits per heavy atom. The largest absolute Gasteiger partial charge is 0.386 e. The van der Waals surface area contributed by atoms with Crippen LogP contribution in [0.4, 0.5) is 0 Å². The quantitative estimate of drug-likeness (QED) is 0.667. The van der Waals surface area contributed by atoms with Crippen molar-refractivity contribution in [2.45, 2.75) is 31.0 Å². The van der Waals surface area contributed by atoms with Crippen molar-refractivity contribution >= 4 is 0 Å². The zero-order chi connectivity index (χ0) is 9.86. The lowest BCUT2D eigenvalue weighted by Gasteiger charge is -2.21. The average molecular weight is 201 g/mol. The second kappa shape index (κ2) is 4.57. The molecule has 2 saturated heterocycles. The molecule has 2 fully saturated rings. The van der Waals surface area contributed by atoms with Gasteiger partial charge < -0.3 is 19.9 Å². The van der Waals surface area contributed by atoms with Gasteiger partial charge >= 0.3 is 0 Å². The topological polar surface area (TPSA) is 50.7 Å². The summed E-state index contributed by atoms with van der Waals surface area (Å²) in [7, 11) is 0. The van der Waals surface area contributed by atoms with E-state index in [1.807, 2.05) is 0 Å². The van der Waals surface area contributed by atoms with Crippen molar-refractivity contribution in [3.63, 3.8) is 0 Å². The SMILES string of the molecule is OC1(CNCC2CCCO2)CCOC1. The standard InChI is InChI=1S/C10H19NO3/c12-10(3-5-13-8-10)7-11-6-9-2-1-4-14-9/h9,11-12H,1-8H2. The van der Waals surface area contributed by atoms with Gasteiger partial charge in [0.1, 0.15) is 5.60 Å². The number of hydrogen-bond donors (Lipinski definition) is 2. The molecule has 2 atom stereocenters. The second-order valence-electron chi connectivity index (χ2n) is 4.29. The van der Waals surface area contributed by atoms with Crippen LogP contribution >= 0.6 is 0 Å². The fraction of sp³-hybridized carbons (Fsp3) is 1.00.